The summed E-state index contributed by atoms with van der Waals surface area (Å²) in [6, 6.07) is 17.6. The van der Waals surface area contributed by atoms with Crippen LogP contribution in [0.1, 0.15) is 21.6 Å². The van der Waals surface area contributed by atoms with Crippen molar-refractivity contribution in [3.05, 3.63) is 77.7 Å². The molecule has 0 atom stereocenters. The maximum Gasteiger partial charge on any atom is 0.274 e. The Morgan fingerprint density at radius 3 is 2.43 bits per heavy atom. The molecule has 7 heteroatoms. The molecule has 1 N–H and O–H groups in total. The Kier molecular flexibility index (Phi) is 5.57. The molecule has 7 nitrogen and oxygen atoms in total. The SMILES string of the molecule is Cc1cccc(N2CCN(C(=O)c3cnc(Nc4ccc(C#N)cc4)cn3)CC2)c1. The van der Waals surface area contributed by atoms with Crippen molar-refractivity contribution < 1.29 is 4.79 Å². The molecule has 0 radical (unpaired) electrons. The van der Waals surface area contributed by atoms with Gasteiger partial charge in [0.15, 0.2) is 0 Å². The highest BCUT2D eigenvalue weighted by Crippen LogP contribution is 2.19. The van der Waals surface area contributed by atoms with Gasteiger partial charge in [-0.1, -0.05) is 12.1 Å². The zero-order chi connectivity index (χ0) is 20.9. The Morgan fingerprint density at radius 2 is 1.80 bits per heavy atom. The lowest BCUT2D eigenvalue weighted by atomic mass is 10.2. The van der Waals surface area contributed by atoms with Crippen LogP contribution in [-0.4, -0.2) is 47.0 Å². The van der Waals surface area contributed by atoms with Gasteiger partial charge in [-0.15, -0.1) is 0 Å². The number of nitrogens with one attached hydrogen (secondary N) is 1. The molecule has 1 saturated heterocycles. The first-order valence-electron chi connectivity index (χ1n) is 9.82. The van der Waals surface area contributed by atoms with Crippen molar-refractivity contribution in [1.82, 2.24) is 14.9 Å². The lowest BCUT2D eigenvalue weighted by Crippen LogP contribution is -2.49. The molecule has 1 aliphatic heterocycles. The first-order valence-corrected chi connectivity index (χ1v) is 9.82. The van der Waals surface area contributed by atoms with Crippen LogP contribution in [0.25, 0.3) is 0 Å². The van der Waals surface area contributed by atoms with E-state index in [1.54, 1.807) is 30.5 Å². The van der Waals surface area contributed by atoms with Crippen molar-refractivity contribution in [2.75, 3.05) is 36.4 Å². The average molecular weight is 398 g/mol. The summed E-state index contributed by atoms with van der Waals surface area (Å²) in [5, 5.41) is 12.0. The molecule has 30 heavy (non-hydrogen) atoms. The number of nitriles is 1. The number of piperazine rings is 1. The predicted octanol–water partition coefficient (Wildman–Crippen LogP) is 3.36. The van der Waals surface area contributed by atoms with Crippen LogP contribution in [-0.2, 0) is 0 Å². The lowest BCUT2D eigenvalue weighted by molar-refractivity contribution is 0.0740. The zero-order valence-electron chi connectivity index (χ0n) is 16.7. The van der Waals surface area contributed by atoms with Crippen molar-refractivity contribution in [3.63, 3.8) is 0 Å². The van der Waals surface area contributed by atoms with Gasteiger partial charge < -0.3 is 15.1 Å². The molecule has 4 rings (SSSR count). The molecule has 1 fully saturated rings. The molecule has 0 unspecified atom stereocenters. The van der Waals surface area contributed by atoms with E-state index in [4.69, 9.17) is 5.26 Å². The number of rotatable bonds is 4. The van der Waals surface area contributed by atoms with Crippen LogP contribution >= 0.6 is 0 Å². The first-order chi connectivity index (χ1) is 14.6. The third kappa shape index (κ3) is 4.39. The van der Waals surface area contributed by atoms with Gasteiger partial charge in [0.2, 0.25) is 0 Å². The molecule has 1 aromatic heterocycles. The van der Waals surface area contributed by atoms with Gasteiger partial charge in [-0.05, 0) is 48.9 Å². The van der Waals surface area contributed by atoms with Crippen LogP contribution in [0.2, 0.25) is 0 Å². The Morgan fingerprint density at radius 1 is 1.03 bits per heavy atom. The normalized spacial score (nSPS) is 13.6. The summed E-state index contributed by atoms with van der Waals surface area (Å²) in [6.45, 7) is 4.98. The van der Waals surface area contributed by atoms with Crippen LogP contribution in [0, 0.1) is 18.3 Å². The number of aryl methyl sites for hydroxylation is 1. The van der Waals surface area contributed by atoms with Gasteiger partial charge >= 0.3 is 0 Å². The quantitative estimate of drug-likeness (QED) is 0.725. The molecule has 0 spiro atoms. The van der Waals surface area contributed by atoms with Gasteiger partial charge in [-0.3, -0.25) is 4.79 Å². The molecule has 0 bridgehead atoms. The van der Waals surface area contributed by atoms with E-state index >= 15 is 0 Å². The van der Waals surface area contributed by atoms with Crippen molar-refractivity contribution in [3.8, 4) is 6.07 Å². The van der Waals surface area contributed by atoms with Gasteiger partial charge in [-0.2, -0.15) is 5.26 Å². The fraction of sp³-hybridized carbons (Fsp3) is 0.217. The molecular weight excluding hydrogens is 376 g/mol. The molecule has 0 aliphatic carbocycles. The Hall–Kier alpha value is -3.92. The smallest absolute Gasteiger partial charge is 0.274 e. The highest BCUT2D eigenvalue weighted by molar-refractivity contribution is 5.92. The monoisotopic (exact) mass is 398 g/mol. The lowest BCUT2D eigenvalue weighted by Gasteiger charge is -2.36. The van der Waals surface area contributed by atoms with E-state index in [0.717, 1.165) is 18.8 Å². The average Bonchev–Trinajstić information content (AvgIpc) is 2.80. The van der Waals surface area contributed by atoms with Crippen molar-refractivity contribution >= 4 is 23.1 Å². The summed E-state index contributed by atoms with van der Waals surface area (Å²) < 4.78 is 0. The van der Waals surface area contributed by atoms with Crippen LogP contribution in [0.5, 0.6) is 0 Å². The highest BCUT2D eigenvalue weighted by atomic mass is 16.2. The number of carbonyl (C=O) groups is 1. The number of amides is 1. The fourth-order valence-electron chi connectivity index (χ4n) is 3.43. The summed E-state index contributed by atoms with van der Waals surface area (Å²) in [5.41, 5.74) is 4.16. The number of anilines is 3. The van der Waals surface area contributed by atoms with Gasteiger partial charge in [0, 0.05) is 37.6 Å². The van der Waals surface area contributed by atoms with Crippen LogP contribution in [0.4, 0.5) is 17.2 Å². The molecule has 150 valence electrons. The Bertz CT molecular complexity index is 1060. The minimum absolute atomic E-state index is 0.101. The predicted molar refractivity (Wildman–Crippen MR) is 116 cm³/mol. The largest absolute Gasteiger partial charge is 0.368 e. The summed E-state index contributed by atoms with van der Waals surface area (Å²) >= 11 is 0. The number of carbonyl (C=O) groups excluding carboxylic acids is 1. The summed E-state index contributed by atoms with van der Waals surface area (Å²) in [5.74, 6) is 0.442. The molecule has 3 aromatic rings. The van der Waals surface area contributed by atoms with Crippen molar-refractivity contribution in [2.24, 2.45) is 0 Å². The molecule has 0 saturated carbocycles. The van der Waals surface area contributed by atoms with Gasteiger partial charge in [0.1, 0.15) is 11.5 Å². The maximum absolute atomic E-state index is 12.8. The van der Waals surface area contributed by atoms with E-state index in [9.17, 15) is 4.79 Å². The first kappa shape index (κ1) is 19.4. The third-order valence-electron chi connectivity index (χ3n) is 5.09. The maximum atomic E-state index is 12.8. The topological polar surface area (TPSA) is 85.1 Å². The number of benzene rings is 2. The van der Waals surface area contributed by atoms with E-state index < -0.39 is 0 Å². The van der Waals surface area contributed by atoms with Crippen molar-refractivity contribution in [1.29, 1.82) is 5.26 Å². The second kappa shape index (κ2) is 8.62. The Balaban J connectivity index is 1.35. The second-order valence-corrected chi connectivity index (χ2v) is 7.22. The number of hydrogen-bond acceptors (Lipinski definition) is 6. The minimum Gasteiger partial charge on any atom is -0.368 e. The highest BCUT2D eigenvalue weighted by Gasteiger charge is 2.23. The summed E-state index contributed by atoms with van der Waals surface area (Å²) in [6.07, 6.45) is 3.05. The zero-order valence-corrected chi connectivity index (χ0v) is 16.7. The number of hydrogen-bond donors (Lipinski definition) is 1. The molecule has 1 aliphatic rings. The standard InChI is InChI=1S/C23H22N6O/c1-17-3-2-4-20(13-17)28-9-11-29(12-10-28)23(30)21-15-26-22(16-25-21)27-19-7-5-18(14-24)6-8-19/h2-8,13,15-16H,9-12H2,1H3,(H,26,27). The van der Waals surface area contributed by atoms with Gasteiger partial charge in [0.25, 0.3) is 5.91 Å². The minimum atomic E-state index is -0.101. The third-order valence-corrected chi connectivity index (χ3v) is 5.09. The van der Waals surface area contributed by atoms with Gasteiger partial charge in [0.05, 0.1) is 24.0 Å². The van der Waals surface area contributed by atoms with Crippen LogP contribution < -0.4 is 10.2 Å². The van der Waals surface area contributed by atoms with Crippen molar-refractivity contribution in [2.45, 2.75) is 6.92 Å². The van der Waals surface area contributed by atoms with Crippen LogP contribution in [0.15, 0.2) is 60.9 Å². The van der Waals surface area contributed by atoms with Crippen LogP contribution in [0.3, 0.4) is 0 Å². The van der Waals surface area contributed by atoms with E-state index in [-0.39, 0.29) is 5.91 Å². The Labute approximate surface area is 175 Å². The molecule has 2 heterocycles. The number of aromatic nitrogens is 2. The van der Waals surface area contributed by atoms with E-state index in [2.05, 4.69) is 57.4 Å². The molecule has 2 aromatic carbocycles. The number of nitrogens with zero attached hydrogens (tertiary/aromatic N) is 5. The fourth-order valence-corrected chi connectivity index (χ4v) is 3.43. The summed E-state index contributed by atoms with van der Waals surface area (Å²) in [4.78, 5) is 25.5. The molecule has 1 amide bonds. The second-order valence-electron chi connectivity index (χ2n) is 7.22. The molecular formula is C23H22N6O. The van der Waals surface area contributed by atoms with E-state index in [0.29, 0.717) is 30.2 Å². The van der Waals surface area contributed by atoms with E-state index in [1.165, 1.54) is 17.4 Å². The van der Waals surface area contributed by atoms with Gasteiger partial charge in [-0.25, -0.2) is 9.97 Å². The van der Waals surface area contributed by atoms with E-state index in [1.807, 2.05) is 4.90 Å². The summed E-state index contributed by atoms with van der Waals surface area (Å²) in [7, 11) is 0.